The summed E-state index contributed by atoms with van der Waals surface area (Å²) in [7, 11) is 0. The van der Waals surface area contributed by atoms with E-state index in [0.29, 0.717) is 0 Å². The Labute approximate surface area is 137 Å². The van der Waals surface area contributed by atoms with Crippen LogP contribution in [0.5, 0.6) is 0 Å². The minimum atomic E-state index is -0.0463. The topological polar surface area (TPSA) is 73.4 Å². The van der Waals surface area contributed by atoms with E-state index in [0.717, 1.165) is 17.0 Å². The molecule has 0 aliphatic carbocycles. The van der Waals surface area contributed by atoms with Gasteiger partial charge >= 0.3 is 0 Å². The number of hydrogen-bond acceptors (Lipinski definition) is 4. The van der Waals surface area contributed by atoms with Gasteiger partial charge in [0.15, 0.2) is 5.82 Å². The molecule has 2 rings (SSSR count). The molecule has 0 aliphatic heterocycles. The number of rotatable bonds is 2. The molecular weight excluding hydrogens is 284 g/mol. The summed E-state index contributed by atoms with van der Waals surface area (Å²) in [6.45, 7) is 13.1. The predicted molar refractivity (Wildman–Crippen MR) is 92.1 cm³/mol. The van der Waals surface area contributed by atoms with Gasteiger partial charge in [-0.1, -0.05) is 19.2 Å². The van der Waals surface area contributed by atoms with E-state index in [2.05, 4.69) is 56.0 Å². The largest absolute Gasteiger partial charge is 0.236 e. The third-order valence-corrected chi connectivity index (χ3v) is 3.36. The average Bonchev–Trinajstić information content (AvgIpc) is 2.59. The van der Waals surface area contributed by atoms with E-state index in [1.54, 1.807) is 30.6 Å². The second-order valence-electron chi connectivity index (χ2n) is 4.98. The first-order valence-corrected chi connectivity index (χ1v) is 6.94. The first-order valence-electron chi connectivity index (χ1n) is 6.94. The van der Waals surface area contributed by atoms with E-state index in [4.69, 9.17) is 10.5 Å². The van der Waals surface area contributed by atoms with Crippen molar-refractivity contribution >= 4 is 6.08 Å². The molecule has 0 atom stereocenters. The first-order chi connectivity index (χ1) is 10.9. The molecule has 2 aromatic rings. The lowest BCUT2D eigenvalue weighted by Gasteiger charge is -2.08. The van der Waals surface area contributed by atoms with Gasteiger partial charge in [0, 0.05) is 23.5 Å². The van der Waals surface area contributed by atoms with Crippen molar-refractivity contribution in [3.8, 4) is 23.5 Å². The Kier molecular flexibility index (Phi) is 6.40. The van der Waals surface area contributed by atoms with Gasteiger partial charge in [-0.05, 0) is 49.6 Å². The molecule has 0 spiro atoms. The zero-order chi connectivity index (χ0) is 17.4. The van der Waals surface area contributed by atoms with Gasteiger partial charge in [-0.15, -0.1) is 0 Å². The van der Waals surface area contributed by atoms with Crippen LogP contribution in [-0.4, -0.2) is 9.97 Å². The van der Waals surface area contributed by atoms with Crippen molar-refractivity contribution in [1.82, 2.24) is 9.97 Å². The maximum atomic E-state index is 7.76. The Balaban J connectivity index is 0.000000379. The molecule has 0 radical (unpaired) electrons. The molecule has 0 unspecified atom stereocenters. The Morgan fingerprint density at radius 1 is 1.04 bits per heavy atom. The summed E-state index contributed by atoms with van der Waals surface area (Å²) in [5.74, 6) is 0.766. The fourth-order valence-corrected chi connectivity index (χ4v) is 1.78. The smallest absolute Gasteiger partial charge is 0.159 e. The quantitative estimate of drug-likeness (QED) is 0.775. The van der Waals surface area contributed by atoms with Crippen LogP contribution in [-0.2, 0) is 0 Å². The van der Waals surface area contributed by atoms with Crippen molar-refractivity contribution < 1.29 is 0 Å². The van der Waals surface area contributed by atoms with Crippen LogP contribution in [0.15, 0.2) is 43.3 Å². The van der Waals surface area contributed by atoms with Crippen LogP contribution in [0.25, 0.3) is 17.5 Å². The summed E-state index contributed by atoms with van der Waals surface area (Å²) < 4.78 is 0. The monoisotopic (exact) mass is 302 g/mol. The normalized spacial score (nSPS) is 8.91. The van der Waals surface area contributed by atoms with Crippen molar-refractivity contribution in [1.29, 1.82) is 10.5 Å². The number of nitriles is 2. The van der Waals surface area contributed by atoms with E-state index in [9.17, 15) is 0 Å². The van der Waals surface area contributed by atoms with Crippen molar-refractivity contribution in [3.63, 3.8) is 0 Å². The van der Waals surface area contributed by atoms with E-state index in [-0.39, 0.29) is 5.57 Å². The van der Waals surface area contributed by atoms with Crippen LogP contribution < -0.4 is 0 Å². The molecule has 0 N–H and O–H groups in total. The van der Waals surface area contributed by atoms with Gasteiger partial charge in [0.25, 0.3) is 0 Å². The number of hydrogen-bond donors (Lipinski definition) is 0. The Morgan fingerprint density at radius 3 is 1.87 bits per heavy atom. The van der Waals surface area contributed by atoms with Crippen LogP contribution in [0.2, 0.25) is 0 Å². The van der Waals surface area contributed by atoms with E-state index < -0.39 is 0 Å². The van der Waals surface area contributed by atoms with Crippen LogP contribution in [0.1, 0.15) is 22.3 Å². The highest BCUT2D eigenvalue weighted by Crippen LogP contribution is 2.22. The highest BCUT2D eigenvalue weighted by atomic mass is 14.9. The summed E-state index contributed by atoms with van der Waals surface area (Å²) in [5, 5.41) is 15.5. The lowest BCUT2D eigenvalue weighted by molar-refractivity contribution is 1.16. The van der Waals surface area contributed by atoms with Gasteiger partial charge in [-0.2, -0.15) is 10.5 Å². The van der Waals surface area contributed by atoms with Gasteiger partial charge < -0.3 is 0 Å². The lowest BCUT2D eigenvalue weighted by atomic mass is 10.0. The summed E-state index contributed by atoms with van der Waals surface area (Å²) in [4.78, 5) is 8.70. The van der Waals surface area contributed by atoms with Gasteiger partial charge in [0.1, 0.15) is 17.7 Å². The fourth-order valence-electron chi connectivity index (χ4n) is 1.78. The fraction of sp³-hybridized carbons (Fsp3) is 0.158. The van der Waals surface area contributed by atoms with Crippen molar-refractivity contribution in [2.45, 2.75) is 20.8 Å². The predicted octanol–water partition coefficient (Wildman–Crippen LogP) is 4.30. The standard InChI is InChI=1S/C15H16N2.C4H2N2/c1-5-13-8-16-15(17-9-13)14-6-10(2)12(4)11(3)7-14;1-4(2-5)3-6/h5-9H,1H2,2-4H3;1H2. The molecule has 0 fully saturated rings. The number of aryl methyl sites for hydroxylation is 2. The molecule has 4 nitrogen and oxygen atoms in total. The van der Waals surface area contributed by atoms with Crippen LogP contribution in [0.4, 0.5) is 0 Å². The van der Waals surface area contributed by atoms with Crippen LogP contribution in [0.3, 0.4) is 0 Å². The Bertz CT molecular complexity index is 764. The molecule has 4 heteroatoms. The van der Waals surface area contributed by atoms with Crippen molar-refractivity contribution in [3.05, 3.63) is 65.5 Å². The highest BCUT2D eigenvalue weighted by Gasteiger charge is 2.05. The van der Waals surface area contributed by atoms with Crippen LogP contribution >= 0.6 is 0 Å². The third kappa shape index (κ3) is 4.91. The first kappa shape index (κ1) is 17.8. The SMILES string of the molecule is C=C(C#N)C#N.C=Cc1cnc(-c2cc(C)c(C)c(C)c2)nc1. The average molecular weight is 302 g/mol. The molecule has 1 aromatic heterocycles. The van der Waals surface area contributed by atoms with E-state index in [1.165, 1.54) is 16.7 Å². The minimum absolute atomic E-state index is 0.0463. The maximum Gasteiger partial charge on any atom is 0.159 e. The molecule has 114 valence electrons. The number of allylic oxidation sites excluding steroid dienone is 1. The summed E-state index contributed by atoms with van der Waals surface area (Å²) in [6.07, 6.45) is 5.33. The second kappa shape index (κ2) is 8.26. The number of benzene rings is 1. The summed E-state index contributed by atoms with van der Waals surface area (Å²) >= 11 is 0. The summed E-state index contributed by atoms with van der Waals surface area (Å²) in [6, 6.07) is 7.38. The molecule has 0 saturated carbocycles. The van der Waals surface area contributed by atoms with E-state index in [1.807, 2.05) is 0 Å². The molecule has 23 heavy (non-hydrogen) atoms. The number of aromatic nitrogens is 2. The molecule has 0 bridgehead atoms. The third-order valence-electron chi connectivity index (χ3n) is 3.36. The highest BCUT2D eigenvalue weighted by molar-refractivity contribution is 5.60. The minimum Gasteiger partial charge on any atom is -0.236 e. The van der Waals surface area contributed by atoms with Crippen LogP contribution in [0, 0.1) is 43.4 Å². The second-order valence-corrected chi connectivity index (χ2v) is 4.98. The van der Waals surface area contributed by atoms with Gasteiger partial charge in [-0.25, -0.2) is 9.97 Å². The van der Waals surface area contributed by atoms with Gasteiger partial charge in [0.05, 0.1) is 0 Å². The molecule has 0 aliphatic rings. The summed E-state index contributed by atoms with van der Waals surface area (Å²) in [5.41, 5.74) is 5.84. The van der Waals surface area contributed by atoms with E-state index >= 15 is 0 Å². The molecule has 1 heterocycles. The van der Waals surface area contributed by atoms with Gasteiger partial charge in [-0.3, -0.25) is 0 Å². The molecular formula is C19H18N4. The molecule has 0 amide bonds. The van der Waals surface area contributed by atoms with Crippen molar-refractivity contribution in [2.75, 3.05) is 0 Å². The molecule has 1 aromatic carbocycles. The maximum absolute atomic E-state index is 7.76. The Hall–Kier alpha value is -3.24. The zero-order valence-electron chi connectivity index (χ0n) is 13.6. The van der Waals surface area contributed by atoms with Crippen molar-refractivity contribution in [2.24, 2.45) is 0 Å². The van der Waals surface area contributed by atoms with Gasteiger partial charge in [0.2, 0.25) is 0 Å². The lowest BCUT2D eigenvalue weighted by Crippen LogP contribution is -1.93. The number of nitrogens with zero attached hydrogens (tertiary/aromatic N) is 4. The Morgan fingerprint density at radius 2 is 1.52 bits per heavy atom. The zero-order valence-corrected chi connectivity index (χ0v) is 13.6. The molecule has 0 saturated heterocycles.